The van der Waals surface area contributed by atoms with Crippen LogP contribution < -0.4 is 0 Å². The van der Waals surface area contributed by atoms with E-state index in [2.05, 4.69) is 20.4 Å². The van der Waals surface area contributed by atoms with Gasteiger partial charge in [-0.15, -0.1) is 0 Å². The summed E-state index contributed by atoms with van der Waals surface area (Å²) >= 11 is 0. The second-order valence-corrected chi connectivity index (χ2v) is 5.86. The largest absolute Gasteiger partial charge is 0.396 e. The molecule has 2 heteroatoms. The van der Waals surface area contributed by atoms with E-state index in [4.69, 9.17) is 0 Å². The summed E-state index contributed by atoms with van der Waals surface area (Å²) in [5, 5.41) is 19.6. The van der Waals surface area contributed by atoms with Gasteiger partial charge in [0, 0.05) is 12.5 Å². The van der Waals surface area contributed by atoms with Crippen LogP contribution in [-0.2, 0) is 0 Å². The number of aliphatic hydroxyl groups is 2. The zero-order chi connectivity index (χ0) is 12.8. The fourth-order valence-corrected chi connectivity index (χ4v) is 2.92. The predicted molar refractivity (Wildman–Crippen MR) is 71.8 cm³/mol. The zero-order valence-corrected chi connectivity index (χ0v) is 11.4. The van der Waals surface area contributed by atoms with E-state index in [1.54, 1.807) is 0 Å². The van der Waals surface area contributed by atoms with Crippen LogP contribution in [0, 0.1) is 17.8 Å². The third-order valence-electron chi connectivity index (χ3n) is 4.19. The summed E-state index contributed by atoms with van der Waals surface area (Å²) in [6.45, 7) is 8.40. The first-order valence-corrected chi connectivity index (χ1v) is 7.02. The van der Waals surface area contributed by atoms with Gasteiger partial charge in [-0.05, 0) is 31.1 Å². The molecule has 2 atom stereocenters. The van der Waals surface area contributed by atoms with Crippen molar-refractivity contribution in [1.82, 2.24) is 0 Å². The maximum Gasteiger partial charge on any atom is 0.0605 e. The normalized spacial score (nSPS) is 21.5. The van der Waals surface area contributed by atoms with E-state index in [1.807, 2.05) is 0 Å². The van der Waals surface area contributed by atoms with Gasteiger partial charge in [0.05, 0.1) is 6.10 Å². The quantitative estimate of drug-likeness (QED) is 0.700. The molecular weight excluding hydrogens is 212 g/mol. The van der Waals surface area contributed by atoms with Crippen molar-refractivity contribution in [2.75, 3.05) is 6.61 Å². The summed E-state index contributed by atoms with van der Waals surface area (Å²) in [4.78, 5) is 0. The van der Waals surface area contributed by atoms with Crippen LogP contribution >= 0.6 is 0 Å². The number of aliphatic hydroxyl groups excluding tert-OH is 2. The van der Waals surface area contributed by atoms with Gasteiger partial charge in [0.1, 0.15) is 0 Å². The lowest BCUT2D eigenvalue weighted by Crippen LogP contribution is -2.26. The van der Waals surface area contributed by atoms with Crippen molar-refractivity contribution in [3.8, 4) is 0 Å². The molecule has 100 valence electrons. The van der Waals surface area contributed by atoms with Crippen molar-refractivity contribution < 1.29 is 10.2 Å². The average Bonchev–Trinajstić information content (AvgIpc) is 2.30. The highest BCUT2D eigenvalue weighted by Crippen LogP contribution is 2.31. The van der Waals surface area contributed by atoms with Crippen LogP contribution in [0.15, 0.2) is 12.2 Å². The Labute approximate surface area is 106 Å². The third-order valence-corrected chi connectivity index (χ3v) is 4.19. The molecule has 1 aliphatic carbocycles. The molecule has 0 radical (unpaired) electrons. The topological polar surface area (TPSA) is 40.5 Å². The van der Waals surface area contributed by atoms with E-state index in [0.717, 1.165) is 18.4 Å². The van der Waals surface area contributed by atoms with Crippen LogP contribution in [0.5, 0.6) is 0 Å². The zero-order valence-electron chi connectivity index (χ0n) is 11.4. The lowest BCUT2D eigenvalue weighted by Gasteiger charge is -2.29. The molecule has 1 rings (SSSR count). The molecule has 0 aliphatic heterocycles. The number of hydrogen-bond donors (Lipinski definition) is 2. The van der Waals surface area contributed by atoms with Crippen molar-refractivity contribution in [1.29, 1.82) is 0 Å². The van der Waals surface area contributed by atoms with Crippen LogP contribution in [0.2, 0.25) is 0 Å². The molecule has 0 aromatic rings. The second kappa shape index (κ2) is 7.17. The van der Waals surface area contributed by atoms with Crippen molar-refractivity contribution in [2.45, 2.75) is 58.5 Å². The molecule has 0 amide bonds. The molecule has 1 fully saturated rings. The molecule has 1 aliphatic rings. The van der Waals surface area contributed by atoms with Gasteiger partial charge in [-0.25, -0.2) is 0 Å². The molecule has 0 bridgehead atoms. The van der Waals surface area contributed by atoms with Crippen LogP contribution in [0.3, 0.4) is 0 Å². The van der Waals surface area contributed by atoms with E-state index in [0.29, 0.717) is 18.3 Å². The Bertz CT molecular complexity index is 229. The Balaban J connectivity index is 2.43. The molecule has 0 spiro atoms. The first kappa shape index (κ1) is 14.7. The van der Waals surface area contributed by atoms with Crippen molar-refractivity contribution in [2.24, 2.45) is 17.8 Å². The highest BCUT2D eigenvalue weighted by Gasteiger charge is 2.25. The Morgan fingerprint density at radius 3 is 2.29 bits per heavy atom. The molecule has 0 saturated heterocycles. The fourth-order valence-electron chi connectivity index (χ4n) is 2.92. The summed E-state index contributed by atoms with van der Waals surface area (Å²) in [6, 6.07) is 0. The first-order chi connectivity index (χ1) is 8.06. The van der Waals surface area contributed by atoms with Gasteiger partial charge in [-0.3, -0.25) is 0 Å². The first-order valence-electron chi connectivity index (χ1n) is 7.02. The highest BCUT2D eigenvalue weighted by molar-refractivity contribution is 5.04. The van der Waals surface area contributed by atoms with Gasteiger partial charge in [0.15, 0.2) is 0 Å². The van der Waals surface area contributed by atoms with Crippen molar-refractivity contribution in [3.63, 3.8) is 0 Å². The smallest absolute Gasteiger partial charge is 0.0605 e. The van der Waals surface area contributed by atoms with Crippen molar-refractivity contribution >= 4 is 0 Å². The molecule has 1 saturated carbocycles. The Morgan fingerprint density at radius 1 is 1.24 bits per heavy atom. The lowest BCUT2D eigenvalue weighted by molar-refractivity contribution is 0.0797. The van der Waals surface area contributed by atoms with Gasteiger partial charge < -0.3 is 10.2 Å². The van der Waals surface area contributed by atoms with E-state index in [-0.39, 0.29) is 18.6 Å². The maximum atomic E-state index is 10.2. The molecule has 2 N–H and O–H groups in total. The van der Waals surface area contributed by atoms with Gasteiger partial charge in [0.25, 0.3) is 0 Å². The molecule has 0 unspecified atom stereocenters. The van der Waals surface area contributed by atoms with Crippen LogP contribution in [0.4, 0.5) is 0 Å². The summed E-state index contributed by atoms with van der Waals surface area (Å²) in [6.07, 6.45) is 6.53. The van der Waals surface area contributed by atoms with E-state index in [9.17, 15) is 10.2 Å². The van der Waals surface area contributed by atoms with E-state index in [1.165, 1.54) is 19.3 Å². The number of hydrogen-bond acceptors (Lipinski definition) is 2. The molecule has 0 aromatic heterocycles. The summed E-state index contributed by atoms with van der Waals surface area (Å²) in [7, 11) is 0. The maximum absolute atomic E-state index is 10.2. The van der Waals surface area contributed by atoms with Gasteiger partial charge in [-0.2, -0.15) is 0 Å². The monoisotopic (exact) mass is 240 g/mol. The molecule has 17 heavy (non-hydrogen) atoms. The van der Waals surface area contributed by atoms with E-state index < -0.39 is 0 Å². The second-order valence-electron chi connectivity index (χ2n) is 5.86. The standard InChI is InChI=1S/C15H28O2/c1-11(2)14(10-16)12(3)9-15(17)13-7-5-4-6-8-13/h11,13-17H,3-10H2,1-2H3/t14-,15-/m0/s1. The predicted octanol–water partition coefficient (Wildman–Crippen LogP) is 3.14. The Hall–Kier alpha value is -0.340. The van der Waals surface area contributed by atoms with Crippen LogP contribution in [0.25, 0.3) is 0 Å². The Morgan fingerprint density at radius 2 is 1.82 bits per heavy atom. The highest BCUT2D eigenvalue weighted by atomic mass is 16.3. The van der Waals surface area contributed by atoms with Gasteiger partial charge in [-0.1, -0.05) is 45.3 Å². The fraction of sp³-hybridized carbons (Fsp3) is 0.867. The van der Waals surface area contributed by atoms with Crippen molar-refractivity contribution in [3.05, 3.63) is 12.2 Å². The van der Waals surface area contributed by atoms with Crippen LogP contribution in [-0.4, -0.2) is 22.9 Å². The molecule has 2 nitrogen and oxygen atoms in total. The lowest BCUT2D eigenvalue weighted by atomic mass is 9.80. The summed E-state index contributed by atoms with van der Waals surface area (Å²) in [5.74, 6) is 0.978. The molecule has 0 aromatic carbocycles. The average molecular weight is 240 g/mol. The molecule has 0 heterocycles. The SMILES string of the molecule is C=C(C[C@H](O)C1CCCCC1)[C@@H](CO)C(C)C. The minimum absolute atomic E-state index is 0.133. The summed E-state index contributed by atoms with van der Waals surface area (Å²) in [5.41, 5.74) is 1.01. The van der Waals surface area contributed by atoms with Crippen LogP contribution in [0.1, 0.15) is 52.4 Å². The minimum Gasteiger partial charge on any atom is -0.396 e. The Kier molecular flexibility index (Phi) is 6.21. The van der Waals surface area contributed by atoms with Gasteiger partial charge >= 0.3 is 0 Å². The number of rotatable bonds is 6. The van der Waals surface area contributed by atoms with E-state index >= 15 is 0 Å². The minimum atomic E-state index is -0.254. The third kappa shape index (κ3) is 4.44. The summed E-state index contributed by atoms with van der Waals surface area (Å²) < 4.78 is 0. The van der Waals surface area contributed by atoms with Gasteiger partial charge in [0.2, 0.25) is 0 Å². The molecular formula is C15H28O2.